The SMILES string of the molecule is CCCS(=O)(=O)N1CCCC(Oc2cnccn2)C1. The third kappa shape index (κ3) is 3.87. The van der Waals surface area contributed by atoms with Gasteiger partial charge in [-0.05, 0) is 19.3 Å². The summed E-state index contributed by atoms with van der Waals surface area (Å²) < 4.78 is 31.3. The van der Waals surface area contributed by atoms with Crippen molar-refractivity contribution in [1.29, 1.82) is 0 Å². The van der Waals surface area contributed by atoms with Crippen molar-refractivity contribution in [1.82, 2.24) is 14.3 Å². The van der Waals surface area contributed by atoms with Crippen molar-refractivity contribution in [2.45, 2.75) is 32.3 Å². The Bertz CT molecular complexity index is 492. The highest BCUT2D eigenvalue weighted by molar-refractivity contribution is 7.89. The van der Waals surface area contributed by atoms with Crippen molar-refractivity contribution < 1.29 is 13.2 Å². The van der Waals surface area contributed by atoms with Crippen molar-refractivity contribution >= 4 is 10.0 Å². The van der Waals surface area contributed by atoms with Crippen LogP contribution in [0.3, 0.4) is 0 Å². The number of piperidine rings is 1. The number of hydrogen-bond donors (Lipinski definition) is 0. The average Bonchev–Trinajstić information content (AvgIpc) is 2.40. The predicted molar refractivity (Wildman–Crippen MR) is 71.3 cm³/mol. The maximum absolute atomic E-state index is 12.0. The number of nitrogens with zero attached hydrogens (tertiary/aromatic N) is 3. The molecule has 1 saturated heterocycles. The van der Waals surface area contributed by atoms with Gasteiger partial charge in [-0.1, -0.05) is 6.92 Å². The standard InChI is InChI=1S/C12H19N3O3S/c1-2-8-19(16,17)15-7-3-4-11(10-15)18-12-9-13-5-6-14-12/h5-6,9,11H,2-4,7-8,10H2,1H3. The van der Waals surface area contributed by atoms with E-state index in [0.717, 1.165) is 12.8 Å². The van der Waals surface area contributed by atoms with E-state index in [1.807, 2.05) is 6.92 Å². The molecule has 0 N–H and O–H groups in total. The van der Waals surface area contributed by atoms with E-state index >= 15 is 0 Å². The lowest BCUT2D eigenvalue weighted by atomic mass is 10.1. The molecular weight excluding hydrogens is 266 g/mol. The Kier molecular flexibility index (Phi) is 4.71. The van der Waals surface area contributed by atoms with Crippen molar-refractivity contribution in [3.8, 4) is 5.88 Å². The van der Waals surface area contributed by atoms with Gasteiger partial charge in [-0.3, -0.25) is 4.98 Å². The molecule has 0 aromatic carbocycles. The van der Waals surface area contributed by atoms with Crippen LogP contribution in [-0.2, 0) is 10.0 Å². The number of aromatic nitrogens is 2. The summed E-state index contributed by atoms with van der Waals surface area (Å²) in [5.41, 5.74) is 0. The molecule has 0 amide bonds. The minimum absolute atomic E-state index is 0.142. The molecule has 106 valence electrons. The first-order valence-electron chi connectivity index (χ1n) is 6.52. The molecule has 6 nitrogen and oxygen atoms in total. The molecule has 19 heavy (non-hydrogen) atoms. The Balaban J connectivity index is 1.98. The topological polar surface area (TPSA) is 72.4 Å². The monoisotopic (exact) mass is 285 g/mol. The van der Waals surface area contributed by atoms with Crippen molar-refractivity contribution in [3.05, 3.63) is 18.6 Å². The highest BCUT2D eigenvalue weighted by atomic mass is 32.2. The Hall–Kier alpha value is -1.21. The second kappa shape index (κ2) is 6.29. The maximum Gasteiger partial charge on any atom is 0.232 e. The molecular formula is C12H19N3O3S. The number of ether oxygens (including phenoxy) is 1. The summed E-state index contributed by atoms with van der Waals surface area (Å²) in [5, 5.41) is 0. The van der Waals surface area contributed by atoms with E-state index < -0.39 is 10.0 Å². The zero-order chi connectivity index (χ0) is 13.7. The molecule has 1 aliphatic rings. The van der Waals surface area contributed by atoms with Crippen LogP contribution in [0.25, 0.3) is 0 Å². The van der Waals surface area contributed by atoms with Gasteiger partial charge in [-0.25, -0.2) is 13.4 Å². The Morgan fingerprint density at radius 1 is 1.47 bits per heavy atom. The van der Waals surface area contributed by atoms with Gasteiger partial charge < -0.3 is 4.74 Å². The van der Waals surface area contributed by atoms with Crippen LogP contribution >= 0.6 is 0 Å². The van der Waals surface area contributed by atoms with Gasteiger partial charge in [0, 0.05) is 18.9 Å². The lowest BCUT2D eigenvalue weighted by Crippen LogP contribution is -2.45. The minimum atomic E-state index is -3.14. The molecule has 0 saturated carbocycles. The molecule has 7 heteroatoms. The number of sulfonamides is 1. The van der Waals surface area contributed by atoms with E-state index in [9.17, 15) is 8.42 Å². The average molecular weight is 285 g/mol. The Morgan fingerprint density at radius 3 is 3.00 bits per heavy atom. The quantitative estimate of drug-likeness (QED) is 0.809. The first-order chi connectivity index (χ1) is 9.12. The van der Waals surface area contributed by atoms with Gasteiger partial charge in [0.1, 0.15) is 6.10 Å². The molecule has 2 rings (SSSR count). The van der Waals surface area contributed by atoms with Crippen LogP contribution in [0.1, 0.15) is 26.2 Å². The summed E-state index contributed by atoms with van der Waals surface area (Å²) in [6, 6.07) is 0. The van der Waals surface area contributed by atoms with Gasteiger partial charge in [0.15, 0.2) is 0 Å². The maximum atomic E-state index is 12.0. The summed E-state index contributed by atoms with van der Waals surface area (Å²) >= 11 is 0. The molecule has 1 aliphatic heterocycles. The molecule has 0 radical (unpaired) electrons. The van der Waals surface area contributed by atoms with Gasteiger partial charge in [-0.2, -0.15) is 4.31 Å². The number of rotatable bonds is 5. The number of hydrogen-bond acceptors (Lipinski definition) is 5. The van der Waals surface area contributed by atoms with E-state index in [0.29, 0.717) is 25.4 Å². The summed E-state index contributed by atoms with van der Waals surface area (Å²) in [6.07, 6.45) is 6.82. The summed E-state index contributed by atoms with van der Waals surface area (Å²) in [7, 11) is -3.14. The van der Waals surface area contributed by atoms with Crippen LogP contribution in [-0.4, -0.2) is 47.6 Å². The zero-order valence-corrected chi connectivity index (χ0v) is 11.8. The fourth-order valence-corrected chi connectivity index (χ4v) is 3.73. The van der Waals surface area contributed by atoms with Crippen LogP contribution in [0.5, 0.6) is 5.88 Å². The van der Waals surface area contributed by atoms with Crippen LogP contribution in [0.15, 0.2) is 18.6 Å². The smallest absolute Gasteiger partial charge is 0.232 e. The van der Waals surface area contributed by atoms with Gasteiger partial charge in [-0.15, -0.1) is 0 Å². The van der Waals surface area contributed by atoms with Gasteiger partial charge >= 0.3 is 0 Å². The Labute approximate surface area is 113 Å². The first kappa shape index (κ1) is 14.2. The molecule has 1 unspecified atom stereocenters. The van der Waals surface area contributed by atoms with Gasteiger partial charge in [0.25, 0.3) is 0 Å². The van der Waals surface area contributed by atoms with Crippen molar-refractivity contribution in [2.24, 2.45) is 0 Å². The fourth-order valence-electron chi connectivity index (χ4n) is 2.16. The molecule has 0 bridgehead atoms. The molecule has 1 aromatic heterocycles. The minimum Gasteiger partial charge on any atom is -0.472 e. The van der Waals surface area contributed by atoms with E-state index in [-0.39, 0.29) is 11.9 Å². The van der Waals surface area contributed by atoms with Gasteiger partial charge in [0.2, 0.25) is 15.9 Å². The van der Waals surface area contributed by atoms with Crippen molar-refractivity contribution in [2.75, 3.05) is 18.8 Å². The van der Waals surface area contributed by atoms with Crippen molar-refractivity contribution in [3.63, 3.8) is 0 Å². The molecule has 0 aliphatic carbocycles. The van der Waals surface area contributed by atoms with Crippen LogP contribution in [0.2, 0.25) is 0 Å². The zero-order valence-electron chi connectivity index (χ0n) is 11.0. The van der Waals surface area contributed by atoms with Gasteiger partial charge in [0.05, 0.1) is 18.5 Å². The normalized spacial score (nSPS) is 21.2. The van der Waals surface area contributed by atoms with E-state index in [2.05, 4.69) is 9.97 Å². The lowest BCUT2D eigenvalue weighted by molar-refractivity contribution is 0.124. The highest BCUT2D eigenvalue weighted by Gasteiger charge is 2.29. The largest absolute Gasteiger partial charge is 0.472 e. The molecule has 1 aromatic rings. The summed E-state index contributed by atoms with van der Waals surface area (Å²) in [4.78, 5) is 7.97. The predicted octanol–water partition coefficient (Wildman–Crippen LogP) is 1.06. The summed E-state index contributed by atoms with van der Waals surface area (Å²) in [5.74, 6) is 0.646. The second-order valence-corrected chi connectivity index (χ2v) is 6.69. The van der Waals surface area contributed by atoms with E-state index in [4.69, 9.17) is 4.74 Å². The van der Waals surface area contributed by atoms with E-state index in [1.165, 1.54) is 4.31 Å². The third-order valence-electron chi connectivity index (χ3n) is 3.02. The third-order valence-corrected chi connectivity index (χ3v) is 5.07. The molecule has 1 fully saturated rings. The molecule has 2 heterocycles. The first-order valence-corrected chi connectivity index (χ1v) is 8.13. The fraction of sp³-hybridized carbons (Fsp3) is 0.667. The molecule has 1 atom stereocenters. The van der Waals surface area contributed by atoms with E-state index in [1.54, 1.807) is 18.6 Å². The second-order valence-electron chi connectivity index (χ2n) is 4.60. The van der Waals surface area contributed by atoms with Crippen LogP contribution < -0.4 is 4.74 Å². The highest BCUT2D eigenvalue weighted by Crippen LogP contribution is 2.18. The lowest BCUT2D eigenvalue weighted by Gasteiger charge is -2.31. The summed E-state index contributed by atoms with van der Waals surface area (Å²) in [6.45, 7) is 2.86. The molecule has 0 spiro atoms. The van der Waals surface area contributed by atoms with Crippen LogP contribution in [0, 0.1) is 0 Å². The Morgan fingerprint density at radius 2 is 2.32 bits per heavy atom. The van der Waals surface area contributed by atoms with Crippen LogP contribution in [0.4, 0.5) is 0 Å².